The Bertz CT molecular complexity index is 814. The molecule has 6 heteroatoms. The van der Waals surface area contributed by atoms with Crippen molar-refractivity contribution in [3.63, 3.8) is 0 Å². The van der Waals surface area contributed by atoms with Gasteiger partial charge in [0.15, 0.2) is 0 Å². The second-order valence-electron chi connectivity index (χ2n) is 5.70. The Morgan fingerprint density at radius 3 is 2.75 bits per heavy atom. The highest BCUT2D eigenvalue weighted by Crippen LogP contribution is 2.23. The molecule has 1 amide bonds. The first-order valence-corrected chi connectivity index (χ1v) is 9.38. The van der Waals surface area contributed by atoms with Crippen LogP contribution >= 0.6 is 27.3 Å². The summed E-state index contributed by atoms with van der Waals surface area (Å²) in [6, 6.07) is 12.0. The van der Waals surface area contributed by atoms with Crippen molar-refractivity contribution in [2.45, 2.75) is 19.4 Å². The van der Waals surface area contributed by atoms with E-state index in [0.29, 0.717) is 10.2 Å². The van der Waals surface area contributed by atoms with Gasteiger partial charge in [-0.25, -0.2) is 4.68 Å². The number of rotatable bonds is 5. The number of hydrogen-bond acceptors (Lipinski definition) is 3. The van der Waals surface area contributed by atoms with Gasteiger partial charge in [0.05, 0.1) is 17.4 Å². The fourth-order valence-corrected chi connectivity index (χ4v) is 3.75. The molecule has 0 bridgehead atoms. The third-order valence-electron chi connectivity index (χ3n) is 4.03. The Morgan fingerprint density at radius 2 is 2.08 bits per heavy atom. The zero-order valence-electron chi connectivity index (χ0n) is 13.5. The van der Waals surface area contributed by atoms with E-state index in [1.165, 1.54) is 5.56 Å². The first-order valence-electron chi connectivity index (χ1n) is 7.65. The highest BCUT2D eigenvalue weighted by atomic mass is 79.9. The molecule has 0 aliphatic rings. The lowest BCUT2D eigenvalue weighted by Gasteiger charge is -2.24. The molecule has 124 valence electrons. The minimum absolute atomic E-state index is 0.0354. The van der Waals surface area contributed by atoms with E-state index in [9.17, 15) is 4.79 Å². The number of carbonyl (C=O) groups is 1. The molecule has 24 heavy (non-hydrogen) atoms. The van der Waals surface area contributed by atoms with Gasteiger partial charge in [0, 0.05) is 13.1 Å². The molecule has 4 nitrogen and oxygen atoms in total. The number of amides is 1. The van der Waals surface area contributed by atoms with Gasteiger partial charge in [-0.05, 0) is 63.8 Å². The van der Waals surface area contributed by atoms with Crippen LogP contribution < -0.4 is 0 Å². The first kappa shape index (κ1) is 16.9. The molecule has 0 fully saturated rings. The molecule has 3 aromatic rings. The van der Waals surface area contributed by atoms with E-state index in [-0.39, 0.29) is 11.9 Å². The van der Waals surface area contributed by atoms with Crippen LogP contribution in [0.25, 0.3) is 5.69 Å². The summed E-state index contributed by atoms with van der Waals surface area (Å²) in [5, 5.41) is 8.53. The van der Waals surface area contributed by atoms with Crippen LogP contribution in [0.5, 0.6) is 0 Å². The van der Waals surface area contributed by atoms with Crippen LogP contribution in [0.2, 0.25) is 0 Å². The summed E-state index contributed by atoms with van der Waals surface area (Å²) in [7, 11) is 1.84. The molecular formula is C18H18BrN3OS. The Labute approximate surface area is 153 Å². The maximum absolute atomic E-state index is 12.8. The molecule has 0 aliphatic heterocycles. The predicted octanol–water partition coefficient (Wildman–Crippen LogP) is 4.40. The molecule has 2 aromatic heterocycles. The number of para-hydroxylation sites is 1. The molecule has 0 spiro atoms. The molecule has 2 heterocycles. The van der Waals surface area contributed by atoms with Crippen LogP contribution in [-0.2, 0) is 6.42 Å². The van der Waals surface area contributed by atoms with E-state index in [4.69, 9.17) is 0 Å². The quantitative estimate of drug-likeness (QED) is 0.632. The summed E-state index contributed by atoms with van der Waals surface area (Å²) >= 11 is 5.20. The average Bonchev–Trinajstić information content (AvgIpc) is 3.24. The fourth-order valence-electron chi connectivity index (χ4n) is 2.50. The topological polar surface area (TPSA) is 38.1 Å². The van der Waals surface area contributed by atoms with E-state index < -0.39 is 0 Å². The number of halogens is 1. The van der Waals surface area contributed by atoms with Crippen molar-refractivity contribution in [3.8, 4) is 5.69 Å². The second-order valence-corrected chi connectivity index (χ2v) is 7.23. The van der Waals surface area contributed by atoms with Crippen LogP contribution in [-0.4, -0.2) is 33.7 Å². The molecule has 0 unspecified atom stereocenters. The van der Waals surface area contributed by atoms with Gasteiger partial charge >= 0.3 is 0 Å². The van der Waals surface area contributed by atoms with Crippen molar-refractivity contribution >= 4 is 33.2 Å². The Morgan fingerprint density at radius 1 is 1.33 bits per heavy atom. The fraction of sp³-hybridized carbons (Fsp3) is 0.222. The van der Waals surface area contributed by atoms with Crippen LogP contribution in [0.15, 0.2) is 58.0 Å². The number of thiophene rings is 1. The second kappa shape index (κ2) is 7.32. The van der Waals surface area contributed by atoms with Gasteiger partial charge < -0.3 is 4.90 Å². The van der Waals surface area contributed by atoms with Crippen molar-refractivity contribution in [1.29, 1.82) is 0 Å². The molecule has 0 saturated heterocycles. The minimum atomic E-state index is -0.0354. The monoisotopic (exact) mass is 403 g/mol. The predicted molar refractivity (Wildman–Crippen MR) is 101 cm³/mol. The lowest BCUT2D eigenvalue weighted by molar-refractivity contribution is 0.0742. The number of carbonyl (C=O) groups excluding carboxylic acids is 1. The van der Waals surface area contributed by atoms with E-state index in [1.54, 1.807) is 27.1 Å². The smallest absolute Gasteiger partial charge is 0.258 e. The van der Waals surface area contributed by atoms with Gasteiger partial charge in [0.1, 0.15) is 4.60 Å². The summed E-state index contributed by atoms with van der Waals surface area (Å²) in [5.74, 6) is -0.0354. The lowest BCUT2D eigenvalue weighted by Crippen LogP contribution is -2.36. The van der Waals surface area contributed by atoms with Gasteiger partial charge in [-0.3, -0.25) is 4.79 Å². The number of aromatic nitrogens is 2. The third kappa shape index (κ3) is 3.44. The highest BCUT2D eigenvalue weighted by molar-refractivity contribution is 9.10. The zero-order valence-corrected chi connectivity index (χ0v) is 15.9. The standard InChI is InChI=1S/C18H18BrN3OS/c1-13(10-14-8-9-24-12-14)21(2)18(23)16-11-20-22(17(16)19)15-6-4-3-5-7-15/h3-9,11-13H,10H2,1-2H3/t13-/m0/s1. The van der Waals surface area contributed by atoms with Crippen molar-refractivity contribution in [2.75, 3.05) is 7.05 Å². The van der Waals surface area contributed by atoms with Crippen LogP contribution in [0, 0.1) is 0 Å². The van der Waals surface area contributed by atoms with Gasteiger partial charge in [-0.15, -0.1) is 0 Å². The van der Waals surface area contributed by atoms with Crippen molar-refractivity contribution in [1.82, 2.24) is 14.7 Å². The molecule has 1 atom stereocenters. The minimum Gasteiger partial charge on any atom is -0.339 e. The molecule has 3 rings (SSSR count). The van der Waals surface area contributed by atoms with Gasteiger partial charge in [0.25, 0.3) is 5.91 Å². The van der Waals surface area contributed by atoms with Crippen molar-refractivity contribution < 1.29 is 4.79 Å². The molecule has 0 N–H and O–H groups in total. The average molecular weight is 404 g/mol. The molecule has 0 radical (unpaired) electrons. The SMILES string of the molecule is C[C@@H](Cc1ccsc1)N(C)C(=O)c1cnn(-c2ccccc2)c1Br. The maximum atomic E-state index is 12.8. The summed E-state index contributed by atoms with van der Waals surface area (Å²) in [6.07, 6.45) is 2.46. The number of benzene rings is 1. The van der Waals surface area contributed by atoms with Crippen LogP contribution in [0.4, 0.5) is 0 Å². The molecule has 1 aromatic carbocycles. The molecule has 0 aliphatic carbocycles. The molecular weight excluding hydrogens is 386 g/mol. The van der Waals surface area contributed by atoms with Gasteiger partial charge in [-0.1, -0.05) is 18.2 Å². The van der Waals surface area contributed by atoms with Crippen LogP contribution in [0.1, 0.15) is 22.8 Å². The van der Waals surface area contributed by atoms with Gasteiger partial charge in [0.2, 0.25) is 0 Å². The summed E-state index contributed by atoms with van der Waals surface area (Å²) in [6.45, 7) is 2.06. The maximum Gasteiger partial charge on any atom is 0.258 e. The zero-order chi connectivity index (χ0) is 17.1. The first-order chi connectivity index (χ1) is 11.6. The Kier molecular flexibility index (Phi) is 5.16. The van der Waals surface area contributed by atoms with E-state index in [2.05, 4.69) is 44.8 Å². The molecule has 0 saturated carbocycles. The number of nitrogens with zero attached hydrogens (tertiary/aromatic N) is 3. The van der Waals surface area contributed by atoms with E-state index >= 15 is 0 Å². The van der Waals surface area contributed by atoms with Gasteiger partial charge in [-0.2, -0.15) is 16.4 Å². The third-order valence-corrected chi connectivity index (χ3v) is 5.53. The van der Waals surface area contributed by atoms with E-state index in [1.807, 2.05) is 37.4 Å². The number of likely N-dealkylation sites (N-methyl/N-ethyl adjacent to an activating group) is 1. The summed E-state index contributed by atoms with van der Waals surface area (Å²) in [4.78, 5) is 14.6. The lowest BCUT2D eigenvalue weighted by atomic mass is 10.1. The summed E-state index contributed by atoms with van der Waals surface area (Å²) in [5.41, 5.74) is 2.74. The summed E-state index contributed by atoms with van der Waals surface area (Å²) < 4.78 is 2.40. The largest absolute Gasteiger partial charge is 0.339 e. The van der Waals surface area contributed by atoms with Crippen molar-refractivity contribution in [3.05, 3.63) is 69.1 Å². The highest BCUT2D eigenvalue weighted by Gasteiger charge is 2.23. The Balaban J connectivity index is 1.79. The van der Waals surface area contributed by atoms with Crippen molar-refractivity contribution in [2.24, 2.45) is 0 Å². The van der Waals surface area contributed by atoms with E-state index in [0.717, 1.165) is 12.1 Å². The number of hydrogen-bond donors (Lipinski definition) is 0. The normalized spacial score (nSPS) is 12.1. The van der Waals surface area contributed by atoms with Crippen LogP contribution in [0.3, 0.4) is 0 Å². The Hall–Kier alpha value is -1.92.